The topological polar surface area (TPSA) is 33.1 Å². The number of hydrogen-bond donors (Lipinski definition) is 1. The fourth-order valence-electron chi connectivity index (χ4n) is 1.76. The van der Waals surface area contributed by atoms with Crippen molar-refractivity contribution in [2.75, 3.05) is 0 Å². The van der Waals surface area contributed by atoms with Crippen LogP contribution in [-0.2, 0) is 6.42 Å². The Morgan fingerprint density at radius 2 is 1.94 bits per heavy atom. The lowest BCUT2D eigenvalue weighted by Gasteiger charge is -2.12. The molecule has 3 heteroatoms. The first-order chi connectivity index (χ1) is 8.27. The first kappa shape index (κ1) is 12.1. The number of aryl methyl sites for hydroxylation is 1. The van der Waals surface area contributed by atoms with E-state index in [4.69, 9.17) is 11.6 Å². The highest BCUT2D eigenvalue weighted by Crippen LogP contribution is 2.25. The Labute approximate surface area is 106 Å². The van der Waals surface area contributed by atoms with Crippen LogP contribution in [0.1, 0.15) is 23.7 Å². The molecule has 1 N–H and O–H groups in total. The van der Waals surface area contributed by atoms with Crippen molar-refractivity contribution in [2.24, 2.45) is 0 Å². The number of aliphatic hydroxyl groups excluding tert-OH is 1. The third-order valence-corrected chi connectivity index (χ3v) is 3.03. The minimum atomic E-state index is -0.536. The first-order valence-electron chi connectivity index (χ1n) is 5.59. The minimum Gasteiger partial charge on any atom is -0.388 e. The lowest BCUT2D eigenvalue weighted by Crippen LogP contribution is -2.00. The van der Waals surface area contributed by atoms with Crippen LogP contribution < -0.4 is 0 Å². The van der Waals surface area contributed by atoms with Gasteiger partial charge in [0.15, 0.2) is 0 Å². The first-order valence-corrected chi connectivity index (χ1v) is 5.96. The van der Waals surface area contributed by atoms with Gasteiger partial charge in [0.1, 0.15) is 0 Å². The molecule has 0 bridgehead atoms. The zero-order chi connectivity index (χ0) is 12.1. The average Bonchev–Trinajstić information content (AvgIpc) is 2.38. The molecule has 1 aromatic heterocycles. The number of nitrogens with zero attached hydrogens (tertiary/aromatic N) is 1. The number of halogens is 1. The van der Waals surface area contributed by atoms with Crippen LogP contribution in [0, 0.1) is 0 Å². The van der Waals surface area contributed by atoms with Gasteiger partial charge in [-0.25, -0.2) is 0 Å². The molecule has 1 aromatic carbocycles. The van der Waals surface area contributed by atoms with Crippen molar-refractivity contribution in [2.45, 2.75) is 18.9 Å². The quantitative estimate of drug-likeness (QED) is 0.898. The maximum Gasteiger partial charge on any atom is 0.0808 e. The molecule has 1 unspecified atom stereocenters. The zero-order valence-corrected chi connectivity index (χ0v) is 10.1. The molecule has 2 nitrogen and oxygen atoms in total. The Morgan fingerprint density at radius 1 is 1.18 bits per heavy atom. The van der Waals surface area contributed by atoms with E-state index in [0.717, 1.165) is 12.0 Å². The van der Waals surface area contributed by atoms with Gasteiger partial charge in [0.05, 0.1) is 11.1 Å². The van der Waals surface area contributed by atoms with Crippen molar-refractivity contribution in [3.05, 3.63) is 64.9 Å². The second-order valence-corrected chi connectivity index (χ2v) is 4.34. The lowest BCUT2D eigenvalue weighted by atomic mass is 10.0. The van der Waals surface area contributed by atoms with Crippen LogP contribution in [0.2, 0.25) is 5.02 Å². The zero-order valence-electron chi connectivity index (χ0n) is 9.38. The largest absolute Gasteiger partial charge is 0.388 e. The van der Waals surface area contributed by atoms with Gasteiger partial charge in [-0.05, 0) is 24.5 Å². The van der Waals surface area contributed by atoms with Crippen LogP contribution in [0.5, 0.6) is 0 Å². The normalized spacial score (nSPS) is 12.4. The van der Waals surface area contributed by atoms with Crippen LogP contribution in [-0.4, -0.2) is 10.1 Å². The van der Waals surface area contributed by atoms with Crippen LogP contribution in [0.15, 0.2) is 48.8 Å². The van der Waals surface area contributed by atoms with E-state index in [0.29, 0.717) is 11.4 Å². The molecule has 17 heavy (non-hydrogen) atoms. The van der Waals surface area contributed by atoms with Gasteiger partial charge in [0.25, 0.3) is 0 Å². The lowest BCUT2D eigenvalue weighted by molar-refractivity contribution is 0.168. The van der Waals surface area contributed by atoms with Crippen LogP contribution >= 0.6 is 11.6 Å². The minimum absolute atomic E-state index is 0.521. The van der Waals surface area contributed by atoms with Crippen LogP contribution in [0.4, 0.5) is 0 Å². The molecule has 0 radical (unpaired) electrons. The molecular weight excluding hydrogens is 234 g/mol. The predicted molar refractivity (Wildman–Crippen MR) is 69.0 cm³/mol. The summed E-state index contributed by atoms with van der Waals surface area (Å²) >= 11 is 5.98. The Hall–Kier alpha value is -1.38. The summed E-state index contributed by atoms with van der Waals surface area (Å²) in [6, 6.07) is 11.9. The SMILES string of the molecule is OC(CCc1ccccc1)c1ccncc1Cl. The van der Waals surface area contributed by atoms with Crippen molar-refractivity contribution in [3.8, 4) is 0 Å². The highest BCUT2D eigenvalue weighted by atomic mass is 35.5. The summed E-state index contributed by atoms with van der Waals surface area (Å²) in [6.07, 6.45) is 4.16. The molecule has 1 heterocycles. The molecule has 0 amide bonds. The van der Waals surface area contributed by atoms with E-state index in [-0.39, 0.29) is 0 Å². The molecule has 0 fully saturated rings. The summed E-state index contributed by atoms with van der Waals surface area (Å²) in [5.74, 6) is 0. The van der Waals surface area contributed by atoms with Gasteiger partial charge in [-0.15, -0.1) is 0 Å². The molecule has 0 aliphatic rings. The number of aliphatic hydroxyl groups is 1. The van der Waals surface area contributed by atoms with E-state index in [2.05, 4.69) is 17.1 Å². The van der Waals surface area contributed by atoms with Crippen molar-refractivity contribution >= 4 is 11.6 Å². The molecule has 0 aliphatic carbocycles. The van der Waals surface area contributed by atoms with E-state index in [9.17, 15) is 5.11 Å². The van der Waals surface area contributed by atoms with Crippen LogP contribution in [0.25, 0.3) is 0 Å². The average molecular weight is 248 g/mol. The van der Waals surface area contributed by atoms with Crippen LogP contribution in [0.3, 0.4) is 0 Å². The highest BCUT2D eigenvalue weighted by molar-refractivity contribution is 6.31. The fourth-order valence-corrected chi connectivity index (χ4v) is 2.01. The van der Waals surface area contributed by atoms with Gasteiger partial charge < -0.3 is 5.11 Å². The highest BCUT2D eigenvalue weighted by Gasteiger charge is 2.11. The van der Waals surface area contributed by atoms with E-state index in [1.807, 2.05) is 18.2 Å². The van der Waals surface area contributed by atoms with Gasteiger partial charge >= 0.3 is 0 Å². The summed E-state index contributed by atoms with van der Waals surface area (Å²) in [4.78, 5) is 3.90. The molecule has 2 rings (SSSR count). The third kappa shape index (κ3) is 3.29. The molecule has 2 aromatic rings. The maximum atomic E-state index is 10.1. The number of hydrogen-bond acceptors (Lipinski definition) is 2. The van der Waals surface area contributed by atoms with E-state index in [1.165, 1.54) is 5.56 Å². The molecule has 0 aliphatic heterocycles. The summed E-state index contributed by atoms with van der Waals surface area (Å²) in [5.41, 5.74) is 1.97. The predicted octanol–water partition coefficient (Wildman–Crippen LogP) is 3.40. The molecule has 88 valence electrons. The molecule has 0 spiro atoms. The summed E-state index contributed by atoms with van der Waals surface area (Å²) in [6.45, 7) is 0. The summed E-state index contributed by atoms with van der Waals surface area (Å²) < 4.78 is 0. The second kappa shape index (κ2) is 5.80. The van der Waals surface area contributed by atoms with E-state index >= 15 is 0 Å². The number of rotatable bonds is 4. The Kier molecular flexibility index (Phi) is 4.13. The van der Waals surface area contributed by atoms with Crippen molar-refractivity contribution in [1.29, 1.82) is 0 Å². The monoisotopic (exact) mass is 247 g/mol. The molecule has 0 saturated carbocycles. The Balaban J connectivity index is 1.99. The van der Waals surface area contributed by atoms with Gasteiger partial charge in [-0.3, -0.25) is 4.98 Å². The van der Waals surface area contributed by atoms with Gasteiger partial charge in [0.2, 0.25) is 0 Å². The third-order valence-electron chi connectivity index (χ3n) is 2.71. The van der Waals surface area contributed by atoms with E-state index in [1.54, 1.807) is 18.5 Å². The van der Waals surface area contributed by atoms with Crippen molar-refractivity contribution in [1.82, 2.24) is 4.98 Å². The second-order valence-electron chi connectivity index (χ2n) is 3.94. The van der Waals surface area contributed by atoms with E-state index < -0.39 is 6.10 Å². The van der Waals surface area contributed by atoms with Crippen molar-refractivity contribution < 1.29 is 5.11 Å². The van der Waals surface area contributed by atoms with Gasteiger partial charge in [-0.2, -0.15) is 0 Å². The number of benzene rings is 1. The maximum absolute atomic E-state index is 10.1. The fraction of sp³-hybridized carbons (Fsp3) is 0.214. The summed E-state index contributed by atoms with van der Waals surface area (Å²) in [5, 5.41) is 10.6. The molecule has 1 atom stereocenters. The number of aromatic nitrogens is 1. The summed E-state index contributed by atoms with van der Waals surface area (Å²) in [7, 11) is 0. The number of pyridine rings is 1. The van der Waals surface area contributed by atoms with Crippen molar-refractivity contribution in [3.63, 3.8) is 0 Å². The van der Waals surface area contributed by atoms with Gasteiger partial charge in [0, 0.05) is 18.0 Å². The molecular formula is C14H14ClNO. The molecule has 0 saturated heterocycles. The van der Waals surface area contributed by atoms with Gasteiger partial charge in [-0.1, -0.05) is 41.9 Å². The Bertz CT molecular complexity index is 473. The Morgan fingerprint density at radius 3 is 2.65 bits per heavy atom. The standard InChI is InChI=1S/C14H14ClNO/c15-13-10-16-9-8-12(13)14(17)7-6-11-4-2-1-3-5-11/h1-5,8-10,14,17H,6-7H2. The smallest absolute Gasteiger partial charge is 0.0808 e.